The number of Topliss-reactive ketones (excluding diaryl/α,β-unsaturated/α-hetero) is 1. The van der Waals surface area contributed by atoms with E-state index in [1.165, 1.54) is 0 Å². The van der Waals surface area contributed by atoms with Crippen LogP contribution in [0.1, 0.15) is 28.8 Å². The van der Waals surface area contributed by atoms with Crippen LogP contribution in [-0.2, 0) is 11.2 Å². The molecule has 0 bridgehead atoms. The summed E-state index contributed by atoms with van der Waals surface area (Å²) in [6.07, 6.45) is 2.08. The molecule has 1 heterocycles. The molecule has 2 aliphatic rings. The van der Waals surface area contributed by atoms with E-state index in [4.69, 9.17) is 5.73 Å². The Hall–Kier alpha value is -1.68. The predicted molar refractivity (Wildman–Crippen MR) is 64.0 cm³/mol. The minimum Gasteiger partial charge on any atom is -0.320 e. The smallest absolute Gasteiger partial charge is 0.243 e. The Kier molecular flexibility index (Phi) is 2.26. The van der Waals surface area contributed by atoms with Gasteiger partial charge in [-0.3, -0.25) is 9.59 Å². The fourth-order valence-corrected chi connectivity index (χ4v) is 2.57. The molecule has 0 aromatic heterocycles. The average molecular weight is 230 g/mol. The largest absolute Gasteiger partial charge is 0.320 e. The molecule has 0 radical (unpaired) electrons. The molecule has 4 heteroatoms. The summed E-state index contributed by atoms with van der Waals surface area (Å²) in [5, 5.41) is 0. The van der Waals surface area contributed by atoms with Crippen molar-refractivity contribution in [2.24, 2.45) is 5.73 Å². The van der Waals surface area contributed by atoms with Gasteiger partial charge in [-0.2, -0.15) is 0 Å². The van der Waals surface area contributed by atoms with Crippen LogP contribution in [0.25, 0.3) is 0 Å². The molecule has 1 aromatic carbocycles. The van der Waals surface area contributed by atoms with Crippen LogP contribution in [0.2, 0.25) is 0 Å². The lowest BCUT2D eigenvalue weighted by molar-refractivity contribution is -0.118. The van der Waals surface area contributed by atoms with E-state index in [2.05, 4.69) is 0 Å². The van der Waals surface area contributed by atoms with Crippen LogP contribution in [0.15, 0.2) is 18.2 Å². The van der Waals surface area contributed by atoms with Crippen molar-refractivity contribution in [1.29, 1.82) is 0 Å². The Balaban J connectivity index is 1.96. The van der Waals surface area contributed by atoms with Gasteiger partial charge in [0.15, 0.2) is 5.78 Å². The first-order valence-corrected chi connectivity index (χ1v) is 5.90. The third-order valence-corrected chi connectivity index (χ3v) is 3.57. The van der Waals surface area contributed by atoms with E-state index < -0.39 is 0 Å². The highest BCUT2D eigenvalue weighted by molar-refractivity contribution is 6.03. The molecular weight excluding hydrogens is 216 g/mol. The number of rotatable bonds is 1. The quantitative estimate of drug-likeness (QED) is 0.779. The van der Waals surface area contributed by atoms with Crippen molar-refractivity contribution < 1.29 is 9.59 Å². The van der Waals surface area contributed by atoms with Gasteiger partial charge in [0.25, 0.3) is 0 Å². The molecule has 1 fully saturated rings. The number of fused-ring (bicyclic) bond motifs is 1. The molecule has 2 N–H and O–H groups in total. The molecule has 17 heavy (non-hydrogen) atoms. The minimum absolute atomic E-state index is 0.0192. The Bertz CT molecular complexity index is 510. The van der Waals surface area contributed by atoms with Crippen molar-refractivity contribution in [3.05, 3.63) is 29.3 Å². The highest BCUT2D eigenvalue weighted by atomic mass is 16.2. The van der Waals surface area contributed by atoms with E-state index in [1.807, 2.05) is 18.2 Å². The number of aryl methyl sites for hydroxylation is 1. The lowest BCUT2D eigenvalue weighted by Crippen LogP contribution is -2.33. The zero-order chi connectivity index (χ0) is 12.0. The maximum absolute atomic E-state index is 11.8. The number of carbonyl (C=O) groups is 2. The van der Waals surface area contributed by atoms with Crippen molar-refractivity contribution in [1.82, 2.24) is 0 Å². The second-order valence-corrected chi connectivity index (χ2v) is 4.65. The zero-order valence-corrected chi connectivity index (χ0v) is 9.48. The zero-order valence-electron chi connectivity index (χ0n) is 9.48. The number of carbonyl (C=O) groups excluding carboxylic acids is 2. The predicted octanol–water partition coefficient (Wildman–Crippen LogP) is 0.879. The maximum atomic E-state index is 11.8. The average Bonchev–Trinajstić information content (AvgIpc) is 2.85. The number of nitrogens with two attached hydrogens (primary N) is 1. The van der Waals surface area contributed by atoms with E-state index in [-0.39, 0.29) is 17.7 Å². The summed E-state index contributed by atoms with van der Waals surface area (Å²) in [6.45, 7) is 0.673. The van der Waals surface area contributed by atoms with Gasteiger partial charge in [0.1, 0.15) is 0 Å². The van der Waals surface area contributed by atoms with E-state index in [0.717, 1.165) is 23.2 Å². The third-order valence-electron chi connectivity index (χ3n) is 3.57. The monoisotopic (exact) mass is 230 g/mol. The fourth-order valence-electron chi connectivity index (χ4n) is 2.57. The molecule has 1 saturated heterocycles. The van der Waals surface area contributed by atoms with Gasteiger partial charge in [-0.05, 0) is 36.6 Å². The third kappa shape index (κ3) is 1.56. The second-order valence-electron chi connectivity index (χ2n) is 4.65. The first kappa shape index (κ1) is 10.5. The number of nitrogens with zero attached hydrogens (tertiary/aromatic N) is 1. The van der Waals surface area contributed by atoms with E-state index >= 15 is 0 Å². The Morgan fingerprint density at radius 3 is 2.76 bits per heavy atom. The van der Waals surface area contributed by atoms with Gasteiger partial charge in [-0.15, -0.1) is 0 Å². The van der Waals surface area contributed by atoms with Crippen molar-refractivity contribution >= 4 is 17.4 Å². The van der Waals surface area contributed by atoms with Crippen LogP contribution in [0.5, 0.6) is 0 Å². The molecule has 1 amide bonds. The SMILES string of the molecule is NC1CCN(c2ccc3c(c2)CCC3=O)C1=O. The summed E-state index contributed by atoms with van der Waals surface area (Å²) in [4.78, 5) is 25.0. The topological polar surface area (TPSA) is 63.4 Å². The van der Waals surface area contributed by atoms with Crippen molar-refractivity contribution in [3.8, 4) is 0 Å². The first-order valence-electron chi connectivity index (χ1n) is 5.90. The standard InChI is InChI=1S/C13H14N2O2/c14-11-5-6-15(13(11)17)9-2-3-10-8(7-9)1-4-12(10)16/h2-3,7,11H,1,4-6,14H2. The molecule has 0 saturated carbocycles. The molecule has 0 spiro atoms. The van der Waals surface area contributed by atoms with Gasteiger partial charge >= 0.3 is 0 Å². The van der Waals surface area contributed by atoms with Gasteiger partial charge in [-0.25, -0.2) is 0 Å². The normalized spacial score (nSPS) is 23.4. The Morgan fingerprint density at radius 1 is 1.24 bits per heavy atom. The van der Waals surface area contributed by atoms with Gasteiger partial charge in [0, 0.05) is 24.2 Å². The summed E-state index contributed by atoms with van der Waals surface area (Å²) in [5.74, 6) is 0.185. The van der Waals surface area contributed by atoms with Gasteiger partial charge in [0.05, 0.1) is 6.04 Å². The summed E-state index contributed by atoms with van der Waals surface area (Å²) in [5.41, 5.74) is 8.43. The molecule has 1 aromatic rings. The van der Waals surface area contributed by atoms with Crippen molar-refractivity contribution in [2.75, 3.05) is 11.4 Å². The van der Waals surface area contributed by atoms with Crippen LogP contribution in [-0.4, -0.2) is 24.3 Å². The summed E-state index contributed by atoms with van der Waals surface area (Å²) in [7, 11) is 0. The van der Waals surface area contributed by atoms with Gasteiger partial charge < -0.3 is 10.6 Å². The highest BCUT2D eigenvalue weighted by Crippen LogP contribution is 2.28. The van der Waals surface area contributed by atoms with Gasteiger partial charge in [0.2, 0.25) is 5.91 Å². The maximum Gasteiger partial charge on any atom is 0.243 e. The highest BCUT2D eigenvalue weighted by Gasteiger charge is 2.30. The molecule has 1 unspecified atom stereocenters. The lowest BCUT2D eigenvalue weighted by atomic mass is 10.1. The van der Waals surface area contributed by atoms with E-state index in [9.17, 15) is 9.59 Å². The second kappa shape index (κ2) is 3.67. The molecule has 1 aliphatic heterocycles. The molecule has 1 aliphatic carbocycles. The molecule has 1 atom stereocenters. The van der Waals surface area contributed by atoms with Crippen LogP contribution < -0.4 is 10.6 Å². The van der Waals surface area contributed by atoms with Crippen LogP contribution in [0.3, 0.4) is 0 Å². The lowest BCUT2D eigenvalue weighted by Gasteiger charge is -2.17. The number of anilines is 1. The molecular formula is C13H14N2O2. The number of ketones is 1. The molecule has 3 rings (SSSR count). The number of amides is 1. The minimum atomic E-state index is -0.370. The molecule has 88 valence electrons. The van der Waals surface area contributed by atoms with Crippen LogP contribution >= 0.6 is 0 Å². The number of benzene rings is 1. The van der Waals surface area contributed by atoms with Crippen LogP contribution in [0.4, 0.5) is 5.69 Å². The summed E-state index contributed by atoms with van der Waals surface area (Å²) < 4.78 is 0. The van der Waals surface area contributed by atoms with Gasteiger partial charge in [-0.1, -0.05) is 0 Å². The summed E-state index contributed by atoms with van der Waals surface area (Å²) >= 11 is 0. The molecule has 4 nitrogen and oxygen atoms in total. The van der Waals surface area contributed by atoms with Crippen LogP contribution in [0, 0.1) is 0 Å². The van der Waals surface area contributed by atoms with Crippen molar-refractivity contribution in [3.63, 3.8) is 0 Å². The number of hydrogen-bond donors (Lipinski definition) is 1. The first-order chi connectivity index (χ1) is 8.16. The van der Waals surface area contributed by atoms with E-state index in [1.54, 1.807) is 4.90 Å². The fraction of sp³-hybridized carbons (Fsp3) is 0.385. The van der Waals surface area contributed by atoms with E-state index in [0.29, 0.717) is 19.4 Å². The Morgan fingerprint density at radius 2 is 2.06 bits per heavy atom. The summed E-state index contributed by atoms with van der Waals surface area (Å²) in [6, 6.07) is 5.26. The number of hydrogen-bond acceptors (Lipinski definition) is 3. The van der Waals surface area contributed by atoms with Crippen molar-refractivity contribution in [2.45, 2.75) is 25.3 Å². The Labute approximate surface area is 99.4 Å².